The molecule has 1 aromatic heterocycles. The first kappa shape index (κ1) is 22.2. The SMILES string of the molecule is NC(=O)c1nc(Nc2ccc(F)c(Cl)c2)c2c[c]c(OCCCN3CCOCC3)cc2n1. The van der Waals surface area contributed by atoms with Gasteiger partial charge in [-0.05, 0) is 30.7 Å². The minimum atomic E-state index is -0.770. The van der Waals surface area contributed by atoms with Crippen molar-refractivity contribution in [1.29, 1.82) is 0 Å². The third-order valence-electron chi connectivity index (χ3n) is 4.98. The van der Waals surface area contributed by atoms with Gasteiger partial charge in [0.25, 0.3) is 5.91 Å². The molecular weight excluding hydrogens is 437 g/mol. The van der Waals surface area contributed by atoms with E-state index < -0.39 is 11.7 Å². The van der Waals surface area contributed by atoms with Gasteiger partial charge < -0.3 is 20.5 Å². The highest BCUT2D eigenvalue weighted by atomic mass is 35.5. The summed E-state index contributed by atoms with van der Waals surface area (Å²) in [5, 5.41) is 3.59. The van der Waals surface area contributed by atoms with E-state index in [1.165, 1.54) is 18.2 Å². The monoisotopic (exact) mass is 458 g/mol. The molecule has 1 aliphatic heterocycles. The van der Waals surface area contributed by atoms with Crippen LogP contribution in [0.4, 0.5) is 15.9 Å². The Balaban J connectivity index is 1.51. The highest BCUT2D eigenvalue weighted by molar-refractivity contribution is 6.31. The maximum Gasteiger partial charge on any atom is 0.286 e. The summed E-state index contributed by atoms with van der Waals surface area (Å²) < 4.78 is 24.6. The third-order valence-corrected chi connectivity index (χ3v) is 5.27. The summed E-state index contributed by atoms with van der Waals surface area (Å²) in [7, 11) is 0. The molecule has 1 aliphatic rings. The van der Waals surface area contributed by atoms with E-state index in [0.29, 0.717) is 34.8 Å². The number of fused-ring (bicyclic) bond motifs is 1. The number of benzene rings is 2. The third kappa shape index (κ3) is 5.42. The molecule has 2 heterocycles. The summed E-state index contributed by atoms with van der Waals surface area (Å²) in [5.74, 6) is -0.636. The van der Waals surface area contributed by atoms with Crippen LogP contribution < -0.4 is 15.8 Å². The molecule has 1 amide bonds. The topological polar surface area (TPSA) is 103 Å². The minimum absolute atomic E-state index is 0.0391. The van der Waals surface area contributed by atoms with Gasteiger partial charge in [-0.15, -0.1) is 0 Å². The molecule has 3 N–H and O–H groups in total. The van der Waals surface area contributed by atoms with Crippen LogP contribution in [0.1, 0.15) is 17.0 Å². The number of nitrogens with two attached hydrogens (primary N) is 1. The van der Waals surface area contributed by atoms with Gasteiger partial charge in [0, 0.05) is 42.8 Å². The van der Waals surface area contributed by atoms with Crippen LogP contribution in [0.5, 0.6) is 5.75 Å². The maximum absolute atomic E-state index is 13.5. The maximum atomic E-state index is 13.5. The van der Waals surface area contributed by atoms with E-state index in [4.69, 9.17) is 26.8 Å². The molecule has 0 unspecified atom stereocenters. The normalized spacial score (nSPS) is 14.4. The molecule has 1 saturated heterocycles. The Morgan fingerprint density at radius 1 is 1.31 bits per heavy atom. The molecule has 167 valence electrons. The van der Waals surface area contributed by atoms with Crippen molar-refractivity contribution in [3.63, 3.8) is 0 Å². The minimum Gasteiger partial charge on any atom is -0.493 e. The van der Waals surface area contributed by atoms with E-state index in [1.54, 1.807) is 12.1 Å². The number of ether oxygens (including phenoxy) is 2. The van der Waals surface area contributed by atoms with Gasteiger partial charge in [-0.1, -0.05) is 11.6 Å². The number of hydrogen-bond donors (Lipinski definition) is 2. The van der Waals surface area contributed by atoms with Crippen molar-refractivity contribution in [2.75, 3.05) is 44.8 Å². The predicted molar refractivity (Wildman–Crippen MR) is 119 cm³/mol. The van der Waals surface area contributed by atoms with Crippen LogP contribution in [0.15, 0.2) is 30.3 Å². The van der Waals surface area contributed by atoms with Gasteiger partial charge in [0.05, 0.1) is 30.4 Å². The van der Waals surface area contributed by atoms with Crippen LogP contribution in [0.3, 0.4) is 0 Å². The highest BCUT2D eigenvalue weighted by Gasteiger charge is 2.14. The average Bonchev–Trinajstić information content (AvgIpc) is 2.79. The lowest BCUT2D eigenvalue weighted by Crippen LogP contribution is -2.37. The quantitative estimate of drug-likeness (QED) is 0.500. The molecule has 3 aromatic rings. The number of carbonyl (C=O) groups excluding carboxylic acids is 1. The Bertz CT molecular complexity index is 1120. The van der Waals surface area contributed by atoms with Crippen molar-refractivity contribution in [2.45, 2.75) is 6.42 Å². The first-order valence-electron chi connectivity index (χ1n) is 10.2. The van der Waals surface area contributed by atoms with Crippen molar-refractivity contribution in [3.8, 4) is 5.75 Å². The van der Waals surface area contributed by atoms with Crippen molar-refractivity contribution in [1.82, 2.24) is 14.9 Å². The van der Waals surface area contributed by atoms with Gasteiger partial charge in [-0.2, -0.15) is 0 Å². The van der Waals surface area contributed by atoms with Gasteiger partial charge in [0.2, 0.25) is 5.82 Å². The molecule has 1 fully saturated rings. The van der Waals surface area contributed by atoms with E-state index >= 15 is 0 Å². The molecule has 0 atom stereocenters. The lowest BCUT2D eigenvalue weighted by Gasteiger charge is -2.26. The van der Waals surface area contributed by atoms with E-state index in [9.17, 15) is 9.18 Å². The number of rotatable bonds is 8. The summed E-state index contributed by atoms with van der Waals surface area (Å²) in [5.41, 5.74) is 6.36. The van der Waals surface area contributed by atoms with E-state index in [1.807, 2.05) is 0 Å². The van der Waals surface area contributed by atoms with Gasteiger partial charge in [-0.3, -0.25) is 9.69 Å². The largest absolute Gasteiger partial charge is 0.493 e. The number of nitrogens with zero attached hydrogens (tertiary/aromatic N) is 3. The molecule has 4 rings (SSSR count). The number of halogens is 2. The zero-order chi connectivity index (χ0) is 22.5. The molecule has 32 heavy (non-hydrogen) atoms. The van der Waals surface area contributed by atoms with Crippen molar-refractivity contribution < 1.29 is 18.7 Å². The first-order valence-corrected chi connectivity index (χ1v) is 10.6. The number of amides is 1. The van der Waals surface area contributed by atoms with E-state index in [-0.39, 0.29) is 10.8 Å². The van der Waals surface area contributed by atoms with E-state index in [2.05, 4.69) is 26.3 Å². The Labute approximate surface area is 189 Å². The van der Waals surface area contributed by atoms with E-state index in [0.717, 1.165) is 39.3 Å². The molecule has 2 aromatic carbocycles. The molecular formula is C22H22ClFN5O3. The van der Waals surface area contributed by atoms with Crippen LogP contribution >= 0.6 is 11.6 Å². The second-order valence-electron chi connectivity index (χ2n) is 7.27. The molecule has 0 saturated carbocycles. The van der Waals surface area contributed by atoms with Crippen molar-refractivity contribution in [3.05, 3.63) is 53.1 Å². The summed E-state index contributed by atoms with van der Waals surface area (Å²) >= 11 is 5.86. The lowest BCUT2D eigenvalue weighted by molar-refractivity contribution is 0.0358. The second-order valence-corrected chi connectivity index (χ2v) is 7.67. The predicted octanol–water partition coefficient (Wildman–Crippen LogP) is 3.17. The van der Waals surface area contributed by atoms with Crippen LogP contribution in [0.25, 0.3) is 10.9 Å². The van der Waals surface area contributed by atoms with Crippen LogP contribution in [0, 0.1) is 11.9 Å². The fourth-order valence-corrected chi connectivity index (χ4v) is 3.52. The average molecular weight is 459 g/mol. The Morgan fingerprint density at radius 3 is 2.88 bits per heavy atom. The summed E-state index contributed by atoms with van der Waals surface area (Å²) in [6, 6.07) is 10.6. The van der Waals surface area contributed by atoms with Crippen LogP contribution in [0.2, 0.25) is 5.02 Å². The Hall–Kier alpha value is -3.01. The number of morpholine rings is 1. The Kier molecular flexibility index (Phi) is 6.99. The second kappa shape index (κ2) is 10.1. The number of nitrogens with one attached hydrogen (secondary N) is 1. The molecule has 10 heteroatoms. The standard InChI is InChI=1S/C22H22ClFN5O3/c23-17-12-14(2-5-18(17)24)26-21-16-4-3-15(13-19(16)27-22(28-21)20(25)30)32-9-1-6-29-7-10-31-11-8-29/h2,4-5,12-13H,1,6-11H2,(H2,25,30)(H,26,27,28). The van der Waals surface area contributed by atoms with Crippen LogP contribution in [-0.4, -0.2) is 60.2 Å². The van der Waals surface area contributed by atoms with Gasteiger partial charge >= 0.3 is 0 Å². The number of hydrogen-bond acceptors (Lipinski definition) is 7. The number of anilines is 2. The summed E-state index contributed by atoms with van der Waals surface area (Å²) in [6.45, 7) is 4.85. The zero-order valence-electron chi connectivity index (χ0n) is 17.2. The number of carbonyl (C=O) groups is 1. The lowest BCUT2D eigenvalue weighted by atomic mass is 10.2. The molecule has 0 aliphatic carbocycles. The van der Waals surface area contributed by atoms with Gasteiger partial charge in [-0.25, -0.2) is 14.4 Å². The fourth-order valence-electron chi connectivity index (χ4n) is 3.34. The highest BCUT2D eigenvalue weighted by Crippen LogP contribution is 2.28. The Morgan fingerprint density at radius 2 is 2.12 bits per heavy atom. The number of aromatic nitrogens is 2. The smallest absolute Gasteiger partial charge is 0.286 e. The molecule has 0 spiro atoms. The van der Waals surface area contributed by atoms with Crippen molar-refractivity contribution in [2.24, 2.45) is 5.73 Å². The molecule has 1 radical (unpaired) electrons. The first-order chi connectivity index (χ1) is 15.5. The van der Waals surface area contributed by atoms with Crippen LogP contribution in [-0.2, 0) is 4.74 Å². The molecule has 0 bridgehead atoms. The van der Waals surface area contributed by atoms with Gasteiger partial charge in [0.1, 0.15) is 17.4 Å². The summed E-state index contributed by atoms with van der Waals surface area (Å²) in [6.07, 6.45) is 0.861. The molecule has 8 nitrogen and oxygen atoms in total. The van der Waals surface area contributed by atoms with Crippen molar-refractivity contribution >= 4 is 39.9 Å². The summed E-state index contributed by atoms with van der Waals surface area (Å²) in [4.78, 5) is 22.5. The zero-order valence-corrected chi connectivity index (χ0v) is 18.0. The number of primary amides is 1. The fraction of sp³-hybridized carbons (Fsp3) is 0.318. The van der Waals surface area contributed by atoms with Gasteiger partial charge in [0.15, 0.2) is 0 Å².